The highest BCUT2D eigenvalue weighted by molar-refractivity contribution is 6.23. The van der Waals surface area contributed by atoms with Gasteiger partial charge in [-0.3, -0.25) is 0 Å². The number of aryl methyl sites for hydroxylation is 1. The molecule has 0 spiro atoms. The molecule has 1 aromatic heterocycles. The smallest absolute Gasteiger partial charge is 0.143 e. The van der Waals surface area contributed by atoms with Crippen molar-refractivity contribution in [2.24, 2.45) is 0 Å². The van der Waals surface area contributed by atoms with E-state index in [1.807, 2.05) is 6.07 Å². The number of para-hydroxylation sites is 1. The van der Waals surface area contributed by atoms with E-state index in [-0.39, 0.29) is 0 Å². The van der Waals surface area contributed by atoms with Crippen LogP contribution in [0.25, 0.3) is 88.0 Å². The molecule has 0 aliphatic carbocycles. The van der Waals surface area contributed by atoms with Gasteiger partial charge in [0.2, 0.25) is 0 Å². The molecule has 8 aromatic carbocycles. The fraction of sp³-hybridized carbons (Fsp3) is 0.0222. The largest absolute Gasteiger partial charge is 0.455 e. The molecule has 0 N–H and O–H groups in total. The third-order valence-corrected chi connectivity index (χ3v) is 9.34. The zero-order valence-electron chi connectivity index (χ0n) is 25.5. The second kappa shape index (κ2) is 10.6. The van der Waals surface area contributed by atoms with Gasteiger partial charge in [-0.2, -0.15) is 0 Å². The summed E-state index contributed by atoms with van der Waals surface area (Å²) in [4.78, 5) is 0. The van der Waals surface area contributed by atoms with Gasteiger partial charge in [0.1, 0.15) is 11.2 Å². The molecular weight excluding hydrogens is 556 g/mol. The molecule has 1 nitrogen and oxygen atoms in total. The molecule has 0 amide bonds. The number of furan rings is 1. The van der Waals surface area contributed by atoms with Crippen LogP contribution < -0.4 is 0 Å². The lowest BCUT2D eigenvalue weighted by Gasteiger charge is -2.18. The molecule has 0 atom stereocenters. The Bertz CT molecular complexity index is 2490. The monoisotopic (exact) mass is 586 g/mol. The third-order valence-electron chi connectivity index (χ3n) is 9.34. The first kappa shape index (κ1) is 26.5. The molecule has 46 heavy (non-hydrogen) atoms. The lowest BCUT2D eigenvalue weighted by Crippen LogP contribution is -1.92. The Morgan fingerprint density at radius 2 is 0.826 bits per heavy atom. The molecule has 0 saturated carbocycles. The minimum absolute atomic E-state index is 0.909. The Morgan fingerprint density at radius 1 is 0.348 bits per heavy atom. The lowest BCUT2D eigenvalue weighted by atomic mass is 9.84. The first-order chi connectivity index (χ1) is 22.7. The van der Waals surface area contributed by atoms with E-state index in [1.165, 1.54) is 60.5 Å². The maximum Gasteiger partial charge on any atom is 0.143 e. The van der Waals surface area contributed by atoms with Gasteiger partial charge in [-0.15, -0.1) is 0 Å². The van der Waals surface area contributed by atoms with E-state index < -0.39 is 0 Å². The minimum atomic E-state index is 0.909. The number of hydrogen-bond acceptors (Lipinski definition) is 1. The van der Waals surface area contributed by atoms with Crippen molar-refractivity contribution >= 4 is 43.5 Å². The molecule has 9 rings (SSSR count). The summed E-state index contributed by atoms with van der Waals surface area (Å²) in [6.07, 6.45) is 0. The highest BCUT2D eigenvalue weighted by atomic mass is 16.3. The number of rotatable bonds is 4. The Balaban J connectivity index is 1.34. The first-order valence-electron chi connectivity index (χ1n) is 15.8. The Morgan fingerprint density at radius 3 is 1.46 bits per heavy atom. The van der Waals surface area contributed by atoms with Gasteiger partial charge in [-0.05, 0) is 85.6 Å². The van der Waals surface area contributed by atoms with Crippen LogP contribution in [0.2, 0.25) is 0 Å². The van der Waals surface area contributed by atoms with Crippen molar-refractivity contribution in [3.63, 3.8) is 0 Å². The maximum absolute atomic E-state index is 6.55. The second-order valence-electron chi connectivity index (χ2n) is 12.1. The summed E-state index contributed by atoms with van der Waals surface area (Å²) in [6, 6.07) is 59.2. The van der Waals surface area contributed by atoms with Gasteiger partial charge in [-0.1, -0.05) is 151 Å². The van der Waals surface area contributed by atoms with Gasteiger partial charge in [0.15, 0.2) is 0 Å². The fourth-order valence-corrected chi connectivity index (χ4v) is 7.13. The molecule has 1 heterocycles. The van der Waals surface area contributed by atoms with Crippen LogP contribution in [-0.2, 0) is 0 Å². The van der Waals surface area contributed by atoms with E-state index >= 15 is 0 Å². The van der Waals surface area contributed by atoms with E-state index in [2.05, 4.69) is 165 Å². The summed E-state index contributed by atoms with van der Waals surface area (Å²) in [5.41, 5.74) is 12.7. The average Bonchev–Trinajstić information content (AvgIpc) is 3.50. The molecule has 9 aromatic rings. The summed E-state index contributed by atoms with van der Waals surface area (Å²) >= 11 is 0. The SMILES string of the molecule is Cc1ccc(-c2cc(-c3c4ccccc4c(-c4ccc(-c5ccccc5)cc4)c4ccccc34)cc3c2oc2ccccc23)cc1. The van der Waals surface area contributed by atoms with Crippen LogP contribution in [-0.4, -0.2) is 0 Å². The third kappa shape index (κ3) is 4.24. The second-order valence-corrected chi connectivity index (χ2v) is 12.1. The Kier molecular flexibility index (Phi) is 6.11. The van der Waals surface area contributed by atoms with E-state index in [0.717, 1.165) is 33.1 Å². The molecule has 0 radical (unpaired) electrons. The van der Waals surface area contributed by atoms with E-state index in [9.17, 15) is 0 Å². The van der Waals surface area contributed by atoms with E-state index in [1.54, 1.807) is 0 Å². The van der Waals surface area contributed by atoms with Crippen molar-refractivity contribution in [1.29, 1.82) is 0 Å². The van der Waals surface area contributed by atoms with Gasteiger partial charge in [0, 0.05) is 16.3 Å². The van der Waals surface area contributed by atoms with Gasteiger partial charge in [0.05, 0.1) is 0 Å². The van der Waals surface area contributed by atoms with Crippen LogP contribution in [0.5, 0.6) is 0 Å². The minimum Gasteiger partial charge on any atom is -0.455 e. The van der Waals surface area contributed by atoms with Crippen LogP contribution in [0.1, 0.15) is 5.56 Å². The van der Waals surface area contributed by atoms with Crippen LogP contribution in [0.3, 0.4) is 0 Å². The average molecular weight is 587 g/mol. The van der Waals surface area contributed by atoms with Crippen molar-refractivity contribution in [1.82, 2.24) is 0 Å². The highest BCUT2D eigenvalue weighted by Crippen LogP contribution is 2.46. The number of fused-ring (bicyclic) bond motifs is 5. The summed E-state index contributed by atoms with van der Waals surface area (Å²) in [6.45, 7) is 2.13. The van der Waals surface area contributed by atoms with Crippen LogP contribution in [0.4, 0.5) is 0 Å². The predicted molar refractivity (Wildman–Crippen MR) is 195 cm³/mol. The molecule has 216 valence electrons. The first-order valence-corrected chi connectivity index (χ1v) is 15.8. The molecule has 1 heteroatoms. The van der Waals surface area contributed by atoms with Crippen molar-refractivity contribution in [3.8, 4) is 44.5 Å². The molecular formula is C45H30O. The summed E-state index contributed by atoms with van der Waals surface area (Å²) in [5.74, 6) is 0. The molecule has 0 unspecified atom stereocenters. The molecule has 0 saturated heterocycles. The van der Waals surface area contributed by atoms with Crippen molar-refractivity contribution < 1.29 is 4.42 Å². The summed E-state index contributed by atoms with van der Waals surface area (Å²) in [5, 5.41) is 7.25. The fourth-order valence-electron chi connectivity index (χ4n) is 7.13. The standard InChI is InChI=1S/C45H30O/c1-29-19-21-32(22-20-29)40-27-34(28-41-35-13-9-10-18-42(35)46-45(40)41)44-38-16-7-5-14-36(38)43(37-15-6-8-17-39(37)44)33-25-23-31(24-26-33)30-11-3-2-4-12-30/h2-28H,1H3. The quantitative estimate of drug-likeness (QED) is 0.187. The Labute approximate surface area is 268 Å². The highest BCUT2D eigenvalue weighted by Gasteiger charge is 2.20. The summed E-state index contributed by atoms with van der Waals surface area (Å²) in [7, 11) is 0. The van der Waals surface area contributed by atoms with Crippen LogP contribution >= 0.6 is 0 Å². The maximum atomic E-state index is 6.55. The predicted octanol–water partition coefficient (Wildman–Crippen LogP) is 12.9. The van der Waals surface area contributed by atoms with Gasteiger partial charge in [-0.25, -0.2) is 0 Å². The normalized spacial score (nSPS) is 11.6. The number of hydrogen-bond donors (Lipinski definition) is 0. The number of benzene rings is 8. The van der Waals surface area contributed by atoms with E-state index in [0.29, 0.717) is 0 Å². The van der Waals surface area contributed by atoms with Gasteiger partial charge >= 0.3 is 0 Å². The van der Waals surface area contributed by atoms with Crippen molar-refractivity contribution in [3.05, 3.63) is 169 Å². The van der Waals surface area contributed by atoms with Crippen molar-refractivity contribution in [2.75, 3.05) is 0 Å². The van der Waals surface area contributed by atoms with Crippen LogP contribution in [0.15, 0.2) is 168 Å². The van der Waals surface area contributed by atoms with Gasteiger partial charge in [0.25, 0.3) is 0 Å². The van der Waals surface area contributed by atoms with Crippen LogP contribution in [0, 0.1) is 6.92 Å². The molecule has 0 aliphatic heterocycles. The lowest BCUT2D eigenvalue weighted by molar-refractivity contribution is 0.670. The topological polar surface area (TPSA) is 13.1 Å². The van der Waals surface area contributed by atoms with Gasteiger partial charge < -0.3 is 4.42 Å². The zero-order valence-corrected chi connectivity index (χ0v) is 25.5. The molecule has 0 fully saturated rings. The van der Waals surface area contributed by atoms with Crippen molar-refractivity contribution in [2.45, 2.75) is 6.92 Å². The summed E-state index contributed by atoms with van der Waals surface area (Å²) < 4.78 is 6.55. The zero-order chi connectivity index (χ0) is 30.6. The molecule has 0 bridgehead atoms. The molecule has 0 aliphatic rings. The Hall–Kier alpha value is -5.92. The van der Waals surface area contributed by atoms with E-state index in [4.69, 9.17) is 4.42 Å².